The Bertz CT molecular complexity index is 646. The minimum Gasteiger partial charge on any atom is -0.349 e. The number of amides is 1. The fraction of sp³-hybridized carbons (Fsp3) is 0.562. The summed E-state index contributed by atoms with van der Waals surface area (Å²) in [6.45, 7) is 4.31. The quantitative estimate of drug-likeness (QED) is 0.879. The van der Waals surface area contributed by atoms with Crippen LogP contribution in [-0.4, -0.2) is 37.5 Å². The second-order valence-corrected chi connectivity index (χ2v) is 8.57. The zero-order valence-electron chi connectivity index (χ0n) is 13.5. The van der Waals surface area contributed by atoms with Gasteiger partial charge in [-0.25, -0.2) is 12.7 Å². The van der Waals surface area contributed by atoms with Crippen LogP contribution in [0.2, 0.25) is 5.02 Å². The van der Waals surface area contributed by atoms with Crippen LogP contribution in [0, 0.1) is 5.92 Å². The maximum atomic E-state index is 12.5. The molecule has 1 aliphatic heterocycles. The highest BCUT2D eigenvalue weighted by Crippen LogP contribution is 2.22. The first-order valence-electron chi connectivity index (χ1n) is 7.87. The number of sulfonamides is 1. The lowest BCUT2D eigenvalue weighted by molar-refractivity contribution is -0.126. The largest absolute Gasteiger partial charge is 0.349 e. The lowest BCUT2D eigenvalue weighted by atomic mass is 9.98. The zero-order chi connectivity index (χ0) is 17.0. The molecule has 2 unspecified atom stereocenters. The van der Waals surface area contributed by atoms with Crippen molar-refractivity contribution in [1.82, 2.24) is 9.62 Å². The summed E-state index contributed by atoms with van der Waals surface area (Å²) in [5.41, 5.74) is 0.969. The average molecular weight is 359 g/mol. The maximum absolute atomic E-state index is 12.5. The van der Waals surface area contributed by atoms with Crippen LogP contribution < -0.4 is 5.32 Å². The van der Waals surface area contributed by atoms with E-state index in [0.717, 1.165) is 12.0 Å². The van der Waals surface area contributed by atoms with Crippen molar-refractivity contribution in [1.29, 1.82) is 0 Å². The van der Waals surface area contributed by atoms with Crippen LogP contribution in [0.4, 0.5) is 0 Å². The highest BCUT2D eigenvalue weighted by Gasteiger charge is 2.31. The van der Waals surface area contributed by atoms with Gasteiger partial charge in [0.1, 0.15) is 0 Å². The van der Waals surface area contributed by atoms with Crippen molar-refractivity contribution in [2.45, 2.75) is 32.7 Å². The molecule has 0 aromatic heterocycles. The van der Waals surface area contributed by atoms with Crippen LogP contribution in [0.15, 0.2) is 24.3 Å². The Labute approximate surface area is 143 Å². The van der Waals surface area contributed by atoms with Crippen molar-refractivity contribution in [2.24, 2.45) is 5.92 Å². The highest BCUT2D eigenvalue weighted by atomic mass is 35.5. The molecule has 1 aromatic carbocycles. The molecule has 1 fully saturated rings. The van der Waals surface area contributed by atoms with Crippen LogP contribution in [0.25, 0.3) is 0 Å². The number of hydrogen-bond acceptors (Lipinski definition) is 3. The van der Waals surface area contributed by atoms with Gasteiger partial charge in [-0.1, -0.05) is 23.7 Å². The van der Waals surface area contributed by atoms with Gasteiger partial charge in [0.25, 0.3) is 0 Å². The van der Waals surface area contributed by atoms with Crippen LogP contribution in [-0.2, 0) is 14.8 Å². The van der Waals surface area contributed by atoms with Crippen LogP contribution in [0.3, 0.4) is 0 Å². The van der Waals surface area contributed by atoms with Gasteiger partial charge in [0, 0.05) is 18.1 Å². The van der Waals surface area contributed by atoms with E-state index in [4.69, 9.17) is 11.6 Å². The Morgan fingerprint density at radius 2 is 2.04 bits per heavy atom. The topological polar surface area (TPSA) is 66.5 Å². The van der Waals surface area contributed by atoms with Gasteiger partial charge in [-0.05, 0) is 44.4 Å². The molecule has 0 saturated carbocycles. The Morgan fingerprint density at radius 1 is 1.39 bits per heavy atom. The number of rotatable bonds is 5. The Hall–Kier alpha value is -1.11. The van der Waals surface area contributed by atoms with Crippen molar-refractivity contribution < 1.29 is 13.2 Å². The summed E-state index contributed by atoms with van der Waals surface area (Å²) in [7, 11) is -3.23. The van der Waals surface area contributed by atoms with Gasteiger partial charge < -0.3 is 5.32 Å². The third-order valence-electron chi connectivity index (χ3n) is 4.24. The van der Waals surface area contributed by atoms with Crippen molar-refractivity contribution >= 4 is 27.5 Å². The molecule has 0 radical (unpaired) electrons. The zero-order valence-corrected chi connectivity index (χ0v) is 15.0. The van der Waals surface area contributed by atoms with Gasteiger partial charge in [-0.2, -0.15) is 0 Å². The standard InChI is InChI=1S/C16H23ClN2O3S/c1-3-23(21,22)19-10-4-5-14(11-19)16(20)18-12(2)13-6-8-15(17)9-7-13/h6-9,12,14H,3-5,10-11H2,1-2H3,(H,18,20). The van der Waals surface area contributed by atoms with E-state index in [2.05, 4.69) is 5.32 Å². The van der Waals surface area contributed by atoms with Crippen molar-refractivity contribution in [3.8, 4) is 0 Å². The van der Waals surface area contributed by atoms with Crippen molar-refractivity contribution in [3.05, 3.63) is 34.9 Å². The molecule has 23 heavy (non-hydrogen) atoms. The minimum absolute atomic E-state index is 0.0719. The number of halogens is 1. The third-order valence-corrected chi connectivity index (χ3v) is 6.34. The predicted octanol–water partition coefficient (Wildman–Crippen LogP) is 2.58. The molecule has 1 N–H and O–H groups in total. The summed E-state index contributed by atoms with van der Waals surface area (Å²) in [6.07, 6.45) is 1.43. The summed E-state index contributed by atoms with van der Waals surface area (Å²) < 4.78 is 25.4. The Kier molecular flexibility index (Phi) is 6.06. The number of benzene rings is 1. The summed E-state index contributed by atoms with van der Waals surface area (Å²) in [5.74, 6) is -0.314. The molecule has 1 saturated heterocycles. The fourth-order valence-corrected chi connectivity index (χ4v) is 4.06. The summed E-state index contributed by atoms with van der Waals surface area (Å²) >= 11 is 5.87. The molecular weight excluding hydrogens is 336 g/mol. The molecule has 1 aromatic rings. The van der Waals surface area contributed by atoms with Crippen LogP contribution >= 0.6 is 11.6 Å². The molecule has 2 rings (SSSR count). The van der Waals surface area contributed by atoms with E-state index in [1.165, 1.54) is 4.31 Å². The molecule has 0 bridgehead atoms. The molecule has 5 nitrogen and oxygen atoms in total. The lowest BCUT2D eigenvalue weighted by Crippen LogP contribution is -2.46. The number of carbonyl (C=O) groups excluding carboxylic acids is 1. The monoisotopic (exact) mass is 358 g/mol. The van der Waals surface area contributed by atoms with Gasteiger partial charge in [0.05, 0.1) is 17.7 Å². The number of hydrogen-bond donors (Lipinski definition) is 1. The van der Waals surface area contributed by atoms with E-state index in [1.807, 2.05) is 19.1 Å². The van der Waals surface area contributed by atoms with E-state index < -0.39 is 10.0 Å². The molecule has 128 valence electrons. The Balaban J connectivity index is 1.98. The molecule has 1 heterocycles. The SMILES string of the molecule is CCS(=O)(=O)N1CCCC(C(=O)NC(C)c2ccc(Cl)cc2)C1. The summed E-state index contributed by atoms with van der Waals surface area (Å²) in [5, 5.41) is 3.62. The van der Waals surface area contributed by atoms with E-state index in [9.17, 15) is 13.2 Å². The van der Waals surface area contributed by atoms with Crippen LogP contribution in [0.1, 0.15) is 38.3 Å². The second kappa shape index (κ2) is 7.64. The van der Waals surface area contributed by atoms with Gasteiger partial charge >= 0.3 is 0 Å². The molecule has 0 spiro atoms. The molecule has 7 heteroatoms. The molecule has 2 atom stereocenters. The molecule has 1 aliphatic rings. The summed E-state index contributed by atoms with van der Waals surface area (Å²) in [4.78, 5) is 12.5. The third kappa shape index (κ3) is 4.68. The van der Waals surface area contributed by atoms with Crippen molar-refractivity contribution in [2.75, 3.05) is 18.8 Å². The van der Waals surface area contributed by atoms with Gasteiger partial charge in [-0.3, -0.25) is 4.79 Å². The maximum Gasteiger partial charge on any atom is 0.224 e. The number of carbonyl (C=O) groups is 1. The smallest absolute Gasteiger partial charge is 0.224 e. The van der Waals surface area contributed by atoms with Gasteiger partial charge in [0.15, 0.2) is 0 Å². The first-order chi connectivity index (χ1) is 10.8. The molecular formula is C16H23ClN2O3S. The summed E-state index contributed by atoms with van der Waals surface area (Å²) in [6, 6.07) is 7.19. The average Bonchev–Trinajstić information content (AvgIpc) is 2.55. The van der Waals surface area contributed by atoms with E-state index in [-0.39, 0.29) is 30.2 Å². The fourth-order valence-electron chi connectivity index (χ4n) is 2.76. The number of piperidine rings is 1. The van der Waals surface area contributed by atoms with E-state index in [0.29, 0.717) is 18.0 Å². The molecule has 1 amide bonds. The lowest BCUT2D eigenvalue weighted by Gasteiger charge is -2.31. The molecule has 0 aliphatic carbocycles. The first kappa shape index (κ1) is 18.2. The van der Waals surface area contributed by atoms with Crippen molar-refractivity contribution in [3.63, 3.8) is 0 Å². The number of nitrogens with zero attached hydrogens (tertiary/aromatic N) is 1. The minimum atomic E-state index is -3.23. The first-order valence-corrected chi connectivity index (χ1v) is 9.86. The van der Waals surface area contributed by atoms with Crippen LogP contribution in [0.5, 0.6) is 0 Å². The predicted molar refractivity (Wildman–Crippen MR) is 91.8 cm³/mol. The number of nitrogens with one attached hydrogen (secondary N) is 1. The van der Waals surface area contributed by atoms with E-state index in [1.54, 1.807) is 19.1 Å². The van der Waals surface area contributed by atoms with Gasteiger partial charge in [-0.15, -0.1) is 0 Å². The van der Waals surface area contributed by atoms with E-state index >= 15 is 0 Å². The highest BCUT2D eigenvalue weighted by molar-refractivity contribution is 7.89. The Morgan fingerprint density at radius 3 is 2.65 bits per heavy atom. The second-order valence-electron chi connectivity index (χ2n) is 5.88. The van der Waals surface area contributed by atoms with Gasteiger partial charge in [0.2, 0.25) is 15.9 Å². The normalized spacial score (nSPS) is 20.9.